The molecule has 0 bridgehead atoms. The molecule has 1 aliphatic rings. The predicted octanol–water partition coefficient (Wildman–Crippen LogP) is 1.64. The zero-order valence-electron chi connectivity index (χ0n) is 10.7. The molecule has 0 atom stereocenters. The molecule has 0 unspecified atom stereocenters. The van der Waals surface area contributed by atoms with Crippen LogP contribution in [0.2, 0.25) is 0 Å². The van der Waals surface area contributed by atoms with E-state index in [4.69, 9.17) is 9.47 Å². The van der Waals surface area contributed by atoms with Crippen LogP contribution in [0.1, 0.15) is 28.7 Å². The monoisotopic (exact) mass is 259 g/mol. The summed E-state index contributed by atoms with van der Waals surface area (Å²) in [6.07, 6.45) is 0. The normalized spacial score (nSPS) is 12.3. The van der Waals surface area contributed by atoms with Gasteiger partial charge in [-0.25, -0.2) is 9.48 Å². The second kappa shape index (κ2) is 4.38. The molecule has 1 aromatic carbocycles. The molecule has 2 heterocycles. The average molecular weight is 259 g/mol. The quantitative estimate of drug-likeness (QED) is 0.767. The summed E-state index contributed by atoms with van der Waals surface area (Å²) in [4.78, 5) is 11.8. The van der Waals surface area contributed by atoms with E-state index in [0.717, 1.165) is 17.0 Å². The van der Waals surface area contributed by atoms with Gasteiger partial charge in [0.15, 0.2) is 5.69 Å². The largest absolute Gasteiger partial charge is 0.485 e. The molecule has 2 aromatic rings. The van der Waals surface area contributed by atoms with Crippen LogP contribution in [0.5, 0.6) is 5.75 Å². The van der Waals surface area contributed by atoms with Gasteiger partial charge in [0.25, 0.3) is 0 Å². The van der Waals surface area contributed by atoms with Crippen LogP contribution in [-0.4, -0.2) is 27.6 Å². The Balaban J connectivity index is 2.09. The van der Waals surface area contributed by atoms with Crippen LogP contribution < -0.4 is 4.74 Å². The van der Waals surface area contributed by atoms with Crippen LogP contribution in [-0.2, 0) is 11.3 Å². The fraction of sp³-hybridized carbons (Fsp3) is 0.308. The van der Waals surface area contributed by atoms with Crippen LogP contribution in [0.4, 0.5) is 0 Å². The predicted molar refractivity (Wildman–Crippen MR) is 66.4 cm³/mol. The number of rotatable bonds is 2. The Morgan fingerprint density at radius 3 is 3.16 bits per heavy atom. The van der Waals surface area contributed by atoms with Crippen LogP contribution in [0.3, 0.4) is 0 Å². The molecule has 1 aromatic heterocycles. The number of ether oxygens (including phenoxy) is 2. The Morgan fingerprint density at radius 1 is 1.53 bits per heavy atom. The summed E-state index contributed by atoms with van der Waals surface area (Å²) in [5.74, 6) is 0.266. The topological polar surface area (TPSA) is 66.2 Å². The van der Waals surface area contributed by atoms with Gasteiger partial charge < -0.3 is 9.47 Å². The van der Waals surface area contributed by atoms with Crippen LogP contribution in [0.25, 0.3) is 5.69 Å². The van der Waals surface area contributed by atoms with Gasteiger partial charge in [0, 0.05) is 0 Å². The molecular weight excluding hydrogens is 246 g/mol. The van der Waals surface area contributed by atoms with Gasteiger partial charge in [-0.3, -0.25) is 0 Å². The maximum absolute atomic E-state index is 11.8. The number of nitrogens with zero attached hydrogens (tertiary/aromatic N) is 3. The molecule has 1 aliphatic heterocycles. The number of carbonyl (C=O) groups excluding carboxylic acids is 1. The van der Waals surface area contributed by atoms with Crippen LogP contribution in [0, 0.1) is 6.92 Å². The van der Waals surface area contributed by atoms with Gasteiger partial charge in [-0.15, -0.1) is 5.10 Å². The molecule has 0 N–H and O–H groups in total. The summed E-state index contributed by atoms with van der Waals surface area (Å²) in [6.45, 7) is 4.31. The van der Waals surface area contributed by atoms with Crippen molar-refractivity contribution in [1.82, 2.24) is 15.0 Å². The number of carbonyl (C=O) groups is 1. The summed E-state index contributed by atoms with van der Waals surface area (Å²) >= 11 is 0. The van der Waals surface area contributed by atoms with Crippen molar-refractivity contribution in [3.05, 3.63) is 35.2 Å². The average Bonchev–Trinajstić information content (AvgIpc) is 2.83. The molecule has 98 valence electrons. The van der Waals surface area contributed by atoms with E-state index in [0.29, 0.717) is 12.3 Å². The van der Waals surface area contributed by atoms with E-state index < -0.39 is 5.97 Å². The Labute approximate surface area is 109 Å². The first-order chi connectivity index (χ1) is 9.20. The molecule has 0 fully saturated rings. The van der Waals surface area contributed by atoms with Crippen molar-refractivity contribution in [1.29, 1.82) is 0 Å². The molecule has 0 aliphatic carbocycles. The lowest BCUT2D eigenvalue weighted by atomic mass is 10.2. The van der Waals surface area contributed by atoms with Gasteiger partial charge in [0.05, 0.1) is 6.61 Å². The van der Waals surface area contributed by atoms with Gasteiger partial charge in [-0.05, 0) is 31.5 Å². The van der Waals surface area contributed by atoms with E-state index in [9.17, 15) is 4.79 Å². The third kappa shape index (κ3) is 1.85. The minimum atomic E-state index is -0.469. The van der Waals surface area contributed by atoms with Crippen molar-refractivity contribution in [2.24, 2.45) is 0 Å². The first-order valence-electron chi connectivity index (χ1n) is 6.06. The summed E-state index contributed by atoms with van der Waals surface area (Å²) in [5, 5.41) is 7.93. The van der Waals surface area contributed by atoms with E-state index in [1.807, 2.05) is 25.1 Å². The lowest BCUT2D eigenvalue weighted by Crippen LogP contribution is -2.17. The number of aryl methyl sites for hydroxylation is 1. The second-order valence-corrected chi connectivity index (χ2v) is 4.28. The van der Waals surface area contributed by atoms with Gasteiger partial charge >= 0.3 is 5.97 Å². The highest BCUT2D eigenvalue weighted by Crippen LogP contribution is 2.30. The fourth-order valence-corrected chi connectivity index (χ4v) is 2.04. The van der Waals surface area contributed by atoms with Gasteiger partial charge in [-0.2, -0.15) is 0 Å². The third-order valence-corrected chi connectivity index (χ3v) is 2.94. The molecule has 3 rings (SSSR count). The van der Waals surface area contributed by atoms with Gasteiger partial charge in [0.2, 0.25) is 0 Å². The van der Waals surface area contributed by atoms with Gasteiger partial charge in [0.1, 0.15) is 23.7 Å². The Bertz CT molecular complexity index is 649. The highest BCUT2D eigenvalue weighted by molar-refractivity contribution is 5.88. The number of esters is 1. The zero-order valence-corrected chi connectivity index (χ0v) is 10.7. The zero-order chi connectivity index (χ0) is 13.4. The molecule has 6 heteroatoms. The van der Waals surface area contributed by atoms with Crippen molar-refractivity contribution in [3.8, 4) is 11.4 Å². The molecule has 19 heavy (non-hydrogen) atoms. The van der Waals surface area contributed by atoms with Crippen molar-refractivity contribution in [2.75, 3.05) is 6.61 Å². The van der Waals surface area contributed by atoms with Crippen molar-refractivity contribution in [3.63, 3.8) is 0 Å². The first-order valence-corrected chi connectivity index (χ1v) is 6.06. The minimum Gasteiger partial charge on any atom is -0.485 e. The van der Waals surface area contributed by atoms with Crippen molar-refractivity contribution >= 4 is 5.97 Å². The molecule has 6 nitrogen and oxygen atoms in total. The fourth-order valence-electron chi connectivity index (χ4n) is 2.04. The number of aromatic nitrogens is 3. The van der Waals surface area contributed by atoms with Crippen molar-refractivity contribution in [2.45, 2.75) is 20.5 Å². The molecule has 0 radical (unpaired) electrons. The Kier molecular flexibility index (Phi) is 2.70. The smallest absolute Gasteiger partial charge is 0.360 e. The van der Waals surface area contributed by atoms with Crippen LogP contribution in [0.15, 0.2) is 18.2 Å². The van der Waals surface area contributed by atoms with E-state index in [-0.39, 0.29) is 12.3 Å². The standard InChI is InChI=1S/C13H13N3O3/c1-3-18-13(17)12-10-7-19-11-5-4-8(2)6-9(11)16(10)15-14-12/h4-6H,3,7H2,1-2H3. The van der Waals surface area contributed by atoms with Crippen LogP contribution >= 0.6 is 0 Å². The Morgan fingerprint density at radius 2 is 2.37 bits per heavy atom. The maximum atomic E-state index is 11.8. The summed E-state index contributed by atoms with van der Waals surface area (Å²) in [5.41, 5.74) is 2.72. The molecule has 0 saturated heterocycles. The second-order valence-electron chi connectivity index (χ2n) is 4.28. The SMILES string of the molecule is CCOC(=O)c1nnn2c1COc1ccc(C)cc1-2. The van der Waals surface area contributed by atoms with E-state index in [2.05, 4.69) is 10.3 Å². The number of hydrogen-bond donors (Lipinski definition) is 0. The van der Waals surface area contributed by atoms with E-state index in [1.54, 1.807) is 11.6 Å². The van der Waals surface area contributed by atoms with E-state index >= 15 is 0 Å². The third-order valence-electron chi connectivity index (χ3n) is 2.94. The highest BCUT2D eigenvalue weighted by Gasteiger charge is 2.26. The molecule has 0 spiro atoms. The maximum Gasteiger partial charge on any atom is 0.360 e. The lowest BCUT2D eigenvalue weighted by molar-refractivity contribution is 0.0516. The number of benzene rings is 1. The number of fused-ring (bicyclic) bond motifs is 3. The summed E-state index contributed by atoms with van der Waals surface area (Å²) in [6, 6.07) is 5.80. The van der Waals surface area contributed by atoms with E-state index in [1.165, 1.54) is 0 Å². The van der Waals surface area contributed by atoms with Crippen molar-refractivity contribution < 1.29 is 14.3 Å². The minimum absolute atomic E-state index is 0.217. The summed E-state index contributed by atoms with van der Waals surface area (Å²) < 4.78 is 12.2. The highest BCUT2D eigenvalue weighted by atomic mass is 16.5. The molecule has 0 saturated carbocycles. The molecule has 0 amide bonds. The lowest BCUT2D eigenvalue weighted by Gasteiger charge is -2.19. The number of hydrogen-bond acceptors (Lipinski definition) is 5. The first kappa shape index (κ1) is 11.7. The molecular formula is C13H13N3O3. The Hall–Kier alpha value is -2.37. The van der Waals surface area contributed by atoms with Gasteiger partial charge in [-0.1, -0.05) is 11.3 Å². The summed E-state index contributed by atoms with van der Waals surface area (Å²) in [7, 11) is 0.